The van der Waals surface area contributed by atoms with Crippen LogP contribution in [0.4, 0.5) is 0 Å². The minimum absolute atomic E-state index is 0.00262. The van der Waals surface area contributed by atoms with E-state index < -0.39 is 11.9 Å². The van der Waals surface area contributed by atoms with Crippen molar-refractivity contribution in [1.29, 1.82) is 0 Å². The van der Waals surface area contributed by atoms with Gasteiger partial charge in [0.25, 0.3) is 5.91 Å². The Morgan fingerprint density at radius 2 is 2.21 bits per heavy atom. The molecule has 24 heavy (non-hydrogen) atoms. The van der Waals surface area contributed by atoms with Crippen LogP contribution >= 0.6 is 0 Å². The molecule has 1 fully saturated rings. The molecule has 1 aromatic rings. The Kier molecular flexibility index (Phi) is 4.61. The van der Waals surface area contributed by atoms with E-state index in [2.05, 4.69) is 11.9 Å². The molecule has 3 rings (SSSR count). The fraction of sp³-hybridized carbons (Fsp3) is 0.353. The Morgan fingerprint density at radius 1 is 1.38 bits per heavy atom. The molecule has 2 heterocycles. The van der Waals surface area contributed by atoms with Crippen molar-refractivity contribution < 1.29 is 23.9 Å². The highest BCUT2D eigenvalue weighted by Crippen LogP contribution is 2.25. The van der Waals surface area contributed by atoms with Gasteiger partial charge in [-0.25, -0.2) is 0 Å². The third-order valence-corrected chi connectivity index (χ3v) is 4.01. The number of carbonyl (C=O) groups excluding carboxylic acids is 3. The minimum atomic E-state index is -0.696. The van der Waals surface area contributed by atoms with E-state index in [1.165, 1.54) is 4.90 Å². The summed E-state index contributed by atoms with van der Waals surface area (Å²) in [5.41, 5.74) is 1.18. The smallest absolute Gasteiger partial charge is 0.256 e. The Labute approximate surface area is 139 Å². The lowest BCUT2D eigenvalue weighted by molar-refractivity contribution is -0.138. The van der Waals surface area contributed by atoms with Crippen LogP contribution in [0.2, 0.25) is 0 Å². The number of nitrogens with one attached hydrogen (secondary N) is 1. The number of nitrogens with zero attached hydrogens (tertiary/aromatic N) is 1. The molecule has 1 aromatic carbocycles. The Balaban J connectivity index is 1.84. The molecule has 126 valence electrons. The second kappa shape index (κ2) is 6.84. The van der Waals surface area contributed by atoms with Gasteiger partial charge in [-0.05, 0) is 30.2 Å². The van der Waals surface area contributed by atoms with Crippen LogP contribution in [-0.2, 0) is 20.9 Å². The molecule has 2 aliphatic rings. The van der Waals surface area contributed by atoms with Gasteiger partial charge in [-0.1, -0.05) is 12.7 Å². The molecule has 3 amide bonds. The predicted octanol–water partition coefficient (Wildman–Crippen LogP) is 0.986. The first-order valence-electron chi connectivity index (χ1n) is 7.69. The SMILES string of the molecule is C=CCOc1ccc2c(c1)COCN(C1CCC(=O)NC1=O)C2=O. The number of hydrogen-bond donors (Lipinski definition) is 1. The maximum atomic E-state index is 12.8. The average Bonchev–Trinajstić information content (AvgIpc) is 2.72. The van der Waals surface area contributed by atoms with E-state index in [0.29, 0.717) is 29.9 Å². The fourth-order valence-electron chi connectivity index (χ4n) is 2.82. The number of ether oxygens (including phenoxy) is 2. The van der Waals surface area contributed by atoms with Crippen LogP contribution in [0.15, 0.2) is 30.9 Å². The van der Waals surface area contributed by atoms with Gasteiger partial charge in [-0.15, -0.1) is 0 Å². The molecule has 1 saturated heterocycles. The Bertz CT molecular complexity index is 700. The van der Waals surface area contributed by atoms with E-state index in [1.807, 2.05) is 0 Å². The number of benzene rings is 1. The molecule has 1 atom stereocenters. The number of fused-ring (bicyclic) bond motifs is 1. The molecule has 7 heteroatoms. The highest BCUT2D eigenvalue weighted by molar-refractivity contribution is 6.04. The number of hydrogen-bond acceptors (Lipinski definition) is 5. The van der Waals surface area contributed by atoms with Gasteiger partial charge in [0.1, 0.15) is 25.1 Å². The molecule has 0 spiro atoms. The lowest BCUT2D eigenvalue weighted by Gasteiger charge is -2.31. The number of carbonyl (C=O) groups is 3. The normalized spacial score (nSPS) is 20.9. The second-order valence-electron chi connectivity index (χ2n) is 5.64. The van der Waals surface area contributed by atoms with Crippen molar-refractivity contribution >= 4 is 17.7 Å². The van der Waals surface area contributed by atoms with Crippen molar-refractivity contribution in [2.24, 2.45) is 0 Å². The molecule has 0 saturated carbocycles. The van der Waals surface area contributed by atoms with Crippen LogP contribution in [0.1, 0.15) is 28.8 Å². The molecule has 7 nitrogen and oxygen atoms in total. The van der Waals surface area contributed by atoms with Gasteiger partial charge in [-0.2, -0.15) is 0 Å². The first kappa shape index (κ1) is 16.2. The summed E-state index contributed by atoms with van der Waals surface area (Å²) in [7, 11) is 0. The van der Waals surface area contributed by atoms with Crippen LogP contribution < -0.4 is 10.1 Å². The van der Waals surface area contributed by atoms with E-state index >= 15 is 0 Å². The van der Waals surface area contributed by atoms with Gasteiger partial charge >= 0.3 is 0 Å². The van der Waals surface area contributed by atoms with E-state index in [0.717, 1.165) is 0 Å². The average molecular weight is 330 g/mol. The summed E-state index contributed by atoms with van der Waals surface area (Å²) in [6, 6.07) is 4.43. The second-order valence-corrected chi connectivity index (χ2v) is 5.64. The van der Waals surface area contributed by atoms with E-state index in [4.69, 9.17) is 9.47 Å². The van der Waals surface area contributed by atoms with Crippen molar-refractivity contribution in [2.45, 2.75) is 25.5 Å². The molecular formula is C17H18N2O5. The first-order chi connectivity index (χ1) is 11.6. The van der Waals surface area contributed by atoms with Crippen LogP contribution in [0.3, 0.4) is 0 Å². The van der Waals surface area contributed by atoms with Gasteiger partial charge in [0.2, 0.25) is 11.8 Å². The number of amides is 3. The van der Waals surface area contributed by atoms with Crippen molar-refractivity contribution in [1.82, 2.24) is 10.2 Å². The summed E-state index contributed by atoms with van der Waals surface area (Å²) in [6.07, 6.45) is 2.15. The lowest BCUT2D eigenvalue weighted by atomic mass is 10.0. The zero-order valence-electron chi connectivity index (χ0n) is 13.1. The van der Waals surface area contributed by atoms with Gasteiger partial charge in [0.05, 0.1) is 6.61 Å². The highest BCUT2D eigenvalue weighted by atomic mass is 16.5. The third kappa shape index (κ3) is 3.16. The standard InChI is InChI=1S/C17H18N2O5/c1-2-7-24-12-3-4-13-11(8-12)9-23-10-19(17(13)22)14-5-6-15(20)18-16(14)21/h2-4,8,14H,1,5-7,9-10H2,(H,18,20,21). The van der Waals surface area contributed by atoms with E-state index in [9.17, 15) is 14.4 Å². The number of piperidine rings is 1. The third-order valence-electron chi connectivity index (χ3n) is 4.01. The van der Waals surface area contributed by atoms with Crippen LogP contribution in [0.25, 0.3) is 0 Å². The summed E-state index contributed by atoms with van der Waals surface area (Å²) in [6.45, 7) is 4.21. The van der Waals surface area contributed by atoms with E-state index in [-0.39, 0.29) is 31.6 Å². The molecule has 1 N–H and O–H groups in total. The van der Waals surface area contributed by atoms with Crippen molar-refractivity contribution in [3.8, 4) is 5.75 Å². The van der Waals surface area contributed by atoms with Gasteiger partial charge in [0, 0.05) is 12.0 Å². The predicted molar refractivity (Wildman–Crippen MR) is 84.1 cm³/mol. The molecule has 0 bridgehead atoms. The van der Waals surface area contributed by atoms with Gasteiger partial charge in [0.15, 0.2) is 0 Å². The molecule has 2 aliphatic heterocycles. The van der Waals surface area contributed by atoms with Gasteiger partial charge in [-0.3, -0.25) is 19.7 Å². The highest BCUT2D eigenvalue weighted by Gasteiger charge is 2.36. The summed E-state index contributed by atoms with van der Waals surface area (Å²) in [5.74, 6) is -0.437. The molecular weight excluding hydrogens is 312 g/mol. The van der Waals surface area contributed by atoms with Crippen LogP contribution in [0, 0.1) is 0 Å². The molecule has 1 unspecified atom stereocenters. The van der Waals surface area contributed by atoms with Crippen LogP contribution in [0.5, 0.6) is 5.75 Å². The van der Waals surface area contributed by atoms with Crippen molar-refractivity contribution in [3.05, 3.63) is 42.0 Å². The largest absolute Gasteiger partial charge is 0.490 e. The summed E-state index contributed by atoms with van der Waals surface area (Å²) in [5, 5.41) is 2.27. The lowest BCUT2D eigenvalue weighted by Crippen LogP contribution is -2.54. The minimum Gasteiger partial charge on any atom is -0.490 e. The molecule has 0 aromatic heterocycles. The quantitative estimate of drug-likeness (QED) is 0.657. The van der Waals surface area contributed by atoms with E-state index in [1.54, 1.807) is 24.3 Å². The number of imide groups is 1. The number of rotatable bonds is 4. The topological polar surface area (TPSA) is 84.9 Å². The first-order valence-corrected chi connectivity index (χ1v) is 7.69. The maximum absolute atomic E-state index is 12.8. The summed E-state index contributed by atoms with van der Waals surface area (Å²) >= 11 is 0. The zero-order valence-corrected chi connectivity index (χ0v) is 13.1. The summed E-state index contributed by atoms with van der Waals surface area (Å²) in [4.78, 5) is 37.5. The molecule has 0 aliphatic carbocycles. The zero-order chi connectivity index (χ0) is 17.1. The summed E-state index contributed by atoms with van der Waals surface area (Å²) < 4.78 is 11.0. The maximum Gasteiger partial charge on any atom is 0.256 e. The Morgan fingerprint density at radius 3 is 2.96 bits per heavy atom. The van der Waals surface area contributed by atoms with Gasteiger partial charge < -0.3 is 14.4 Å². The monoisotopic (exact) mass is 330 g/mol. The Hall–Kier alpha value is -2.67. The fourth-order valence-corrected chi connectivity index (χ4v) is 2.82. The van der Waals surface area contributed by atoms with Crippen LogP contribution in [-0.4, -0.2) is 42.0 Å². The van der Waals surface area contributed by atoms with Crippen molar-refractivity contribution in [2.75, 3.05) is 13.3 Å². The molecule has 0 radical (unpaired) electrons. The van der Waals surface area contributed by atoms with Crippen molar-refractivity contribution in [3.63, 3.8) is 0 Å².